The maximum atomic E-state index is 12.7. The van der Waals surface area contributed by atoms with Gasteiger partial charge in [-0.3, -0.25) is 10.1 Å². The molecule has 0 aliphatic carbocycles. The van der Waals surface area contributed by atoms with E-state index in [1.165, 1.54) is 0 Å². The largest absolute Gasteiger partial charge is 0.495 e. The number of carbonyl (C=O) groups excluding carboxylic acids is 1. The summed E-state index contributed by atoms with van der Waals surface area (Å²) < 4.78 is 7.18. The number of ether oxygens (including phenoxy) is 1. The van der Waals surface area contributed by atoms with Gasteiger partial charge in [-0.05, 0) is 60.9 Å². The van der Waals surface area contributed by atoms with Crippen LogP contribution >= 0.6 is 0 Å². The number of carboxylic acid groups (broad SMARTS) is 1. The molecule has 0 bridgehead atoms. The molecule has 0 spiro atoms. The van der Waals surface area contributed by atoms with Crippen molar-refractivity contribution >= 4 is 35.0 Å². The van der Waals surface area contributed by atoms with Crippen LogP contribution in [0.2, 0.25) is 0 Å². The maximum absolute atomic E-state index is 12.7. The molecule has 35 heavy (non-hydrogen) atoms. The number of pyridine rings is 1. The summed E-state index contributed by atoms with van der Waals surface area (Å²) >= 11 is 0. The lowest BCUT2D eigenvalue weighted by molar-refractivity contribution is 0.0792. The van der Waals surface area contributed by atoms with Gasteiger partial charge >= 0.3 is 6.09 Å². The van der Waals surface area contributed by atoms with Gasteiger partial charge < -0.3 is 20.1 Å². The first-order chi connectivity index (χ1) is 17.0. The van der Waals surface area contributed by atoms with Gasteiger partial charge in [0.1, 0.15) is 5.75 Å². The Morgan fingerprint density at radius 2 is 1.74 bits per heavy atom. The number of hydrogen-bond donors (Lipinski definition) is 3. The lowest BCUT2D eigenvalue weighted by atomic mass is 10.1. The molecule has 0 atom stereocenters. The van der Waals surface area contributed by atoms with E-state index in [1.807, 2.05) is 35.4 Å². The van der Waals surface area contributed by atoms with E-state index in [2.05, 4.69) is 20.7 Å². The lowest BCUT2D eigenvalue weighted by Crippen LogP contribution is -2.27. The predicted molar refractivity (Wildman–Crippen MR) is 131 cm³/mol. The molecule has 0 unspecified atom stereocenters. The average Bonchev–Trinajstić information content (AvgIpc) is 3.53. The molecule has 3 N–H and O–H groups in total. The minimum atomic E-state index is -1.11. The highest BCUT2D eigenvalue weighted by atomic mass is 16.5. The topological polar surface area (TPSA) is 121 Å². The molecule has 10 nitrogen and oxygen atoms in total. The Morgan fingerprint density at radius 3 is 2.46 bits per heavy atom. The Labute approximate surface area is 201 Å². The molecule has 10 heteroatoms. The van der Waals surface area contributed by atoms with Gasteiger partial charge in [-0.15, -0.1) is 5.10 Å². The minimum Gasteiger partial charge on any atom is -0.495 e. The molecule has 2 aromatic heterocycles. The third-order valence-corrected chi connectivity index (χ3v) is 5.89. The number of nitrogens with zero attached hydrogens (tertiary/aromatic N) is 4. The molecule has 0 saturated carbocycles. The number of likely N-dealkylation sites (tertiary alicyclic amines) is 1. The fourth-order valence-electron chi connectivity index (χ4n) is 4.13. The Kier molecular flexibility index (Phi) is 5.92. The quantitative estimate of drug-likeness (QED) is 0.378. The van der Waals surface area contributed by atoms with E-state index in [0.717, 1.165) is 37.1 Å². The van der Waals surface area contributed by atoms with Crippen molar-refractivity contribution < 1.29 is 19.4 Å². The van der Waals surface area contributed by atoms with Gasteiger partial charge in [-0.2, -0.15) is 4.98 Å². The molecule has 1 fully saturated rings. The summed E-state index contributed by atoms with van der Waals surface area (Å²) in [6, 6.07) is 16.2. The van der Waals surface area contributed by atoms with Gasteiger partial charge in [-0.25, -0.2) is 9.31 Å². The number of nitrogens with one attached hydrogen (secondary N) is 2. The van der Waals surface area contributed by atoms with Gasteiger partial charge in [0.05, 0.1) is 12.8 Å². The van der Waals surface area contributed by atoms with Crippen molar-refractivity contribution in [1.29, 1.82) is 0 Å². The third kappa shape index (κ3) is 4.72. The van der Waals surface area contributed by atoms with Crippen molar-refractivity contribution in [2.24, 2.45) is 0 Å². The summed E-state index contributed by atoms with van der Waals surface area (Å²) in [7, 11) is 1.56. The van der Waals surface area contributed by atoms with Crippen LogP contribution in [0.25, 0.3) is 16.8 Å². The van der Waals surface area contributed by atoms with Gasteiger partial charge in [0.15, 0.2) is 5.65 Å². The molecule has 2 amide bonds. The lowest BCUT2D eigenvalue weighted by Gasteiger charge is -2.16. The van der Waals surface area contributed by atoms with Crippen molar-refractivity contribution in [3.63, 3.8) is 0 Å². The maximum Gasteiger partial charge on any atom is 0.409 e. The Bertz CT molecular complexity index is 1390. The molecule has 3 heterocycles. The van der Waals surface area contributed by atoms with Crippen molar-refractivity contribution in [3.8, 4) is 16.9 Å². The highest BCUT2D eigenvalue weighted by Crippen LogP contribution is 2.29. The standard InChI is InChI=1S/C25H24N6O4/c1-35-21-14-17(23(32)30-12-2-3-13-30)6-10-20(21)27-24-28-22-11-7-18(15-31(22)29-24)16-4-8-19(9-5-16)26-25(33)34/h4-11,14-15,26H,2-3,12-13H2,1H3,(H,27,29)(H,33,34). The smallest absolute Gasteiger partial charge is 0.409 e. The number of rotatable bonds is 6. The van der Waals surface area contributed by atoms with Crippen molar-refractivity contribution in [1.82, 2.24) is 19.5 Å². The summed E-state index contributed by atoms with van der Waals surface area (Å²) in [5, 5.41) is 18.9. The first kappa shape index (κ1) is 22.2. The number of benzene rings is 2. The second-order valence-corrected chi connectivity index (χ2v) is 8.20. The molecule has 1 aliphatic heterocycles. The normalized spacial score (nSPS) is 13.1. The molecule has 5 rings (SSSR count). The van der Waals surface area contributed by atoms with Crippen molar-refractivity contribution in [2.45, 2.75) is 12.8 Å². The molecule has 2 aromatic carbocycles. The van der Waals surface area contributed by atoms with Gasteiger partial charge in [0, 0.05) is 36.1 Å². The molecule has 178 valence electrons. The number of amides is 2. The number of methoxy groups -OCH3 is 1. The summed E-state index contributed by atoms with van der Waals surface area (Å²) in [4.78, 5) is 29.9. The Hall–Kier alpha value is -4.60. The first-order valence-corrected chi connectivity index (χ1v) is 11.2. The average molecular weight is 473 g/mol. The molecular weight excluding hydrogens is 448 g/mol. The van der Waals surface area contributed by atoms with E-state index in [4.69, 9.17) is 9.84 Å². The summed E-state index contributed by atoms with van der Waals surface area (Å²) in [5.74, 6) is 0.933. The monoisotopic (exact) mass is 472 g/mol. The zero-order valence-corrected chi connectivity index (χ0v) is 19.1. The van der Waals surface area contributed by atoms with E-state index in [0.29, 0.717) is 34.3 Å². The van der Waals surface area contributed by atoms with Gasteiger partial charge in [-0.1, -0.05) is 12.1 Å². The highest BCUT2D eigenvalue weighted by Gasteiger charge is 2.21. The zero-order valence-electron chi connectivity index (χ0n) is 19.1. The van der Waals surface area contributed by atoms with E-state index in [-0.39, 0.29) is 5.91 Å². The first-order valence-electron chi connectivity index (χ1n) is 11.2. The van der Waals surface area contributed by atoms with Gasteiger partial charge in [0.25, 0.3) is 5.91 Å². The SMILES string of the molecule is COc1cc(C(=O)N2CCCC2)ccc1Nc1nc2ccc(-c3ccc(NC(=O)O)cc3)cn2n1. The molecular formula is C25H24N6O4. The zero-order chi connectivity index (χ0) is 24.4. The molecule has 0 radical (unpaired) electrons. The van der Waals surface area contributed by atoms with Crippen LogP contribution in [0.5, 0.6) is 5.75 Å². The second-order valence-electron chi connectivity index (χ2n) is 8.20. The minimum absolute atomic E-state index is 0.0116. The van der Waals surface area contributed by atoms with Crippen LogP contribution in [-0.4, -0.2) is 56.8 Å². The fourth-order valence-corrected chi connectivity index (χ4v) is 4.13. The fraction of sp³-hybridized carbons (Fsp3) is 0.200. The number of aromatic nitrogens is 3. The van der Waals surface area contributed by atoms with Crippen LogP contribution in [0.1, 0.15) is 23.2 Å². The van der Waals surface area contributed by atoms with Crippen LogP contribution in [0, 0.1) is 0 Å². The summed E-state index contributed by atoms with van der Waals surface area (Å²) in [5.41, 5.74) is 4.21. The number of carbonyl (C=O) groups is 2. The third-order valence-electron chi connectivity index (χ3n) is 5.89. The number of fused-ring (bicyclic) bond motifs is 1. The van der Waals surface area contributed by atoms with Crippen LogP contribution in [0.3, 0.4) is 0 Å². The van der Waals surface area contributed by atoms with Crippen LogP contribution in [0.15, 0.2) is 60.8 Å². The summed E-state index contributed by atoms with van der Waals surface area (Å²) in [6.45, 7) is 1.58. The van der Waals surface area contributed by atoms with Crippen molar-refractivity contribution in [3.05, 3.63) is 66.4 Å². The Balaban J connectivity index is 1.36. The number of hydrogen-bond acceptors (Lipinski definition) is 6. The molecule has 4 aromatic rings. The van der Waals surface area contributed by atoms with Gasteiger partial charge in [0.2, 0.25) is 5.95 Å². The van der Waals surface area contributed by atoms with E-state index >= 15 is 0 Å². The second kappa shape index (κ2) is 9.34. The van der Waals surface area contributed by atoms with Crippen LogP contribution < -0.4 is 15.4 Å². The van der Waals surface area contributed by atoms with Crippen LogP contribution in [-0.2, 0) is 0 Å². The Morgan fingerprint density at radius 1 is 1.00 bits per heavy atom. The predicted octanol–water partition coefficient (Wildman–Crippen LogP) is 4.47. The van der Waals surface area contributed by atoms with E-state index in [1.54, 1.807) is 42.0 Å². The molecule has 1 saturated heterocycles. The van der Waals surface area contributed by atoms with E-state index in [9.17, 15) is 9.59 Å². The molecule has 1 aliphatic rings. The van der Waals surface area contributed by atoms with Crippen molar-refractivity contribution in [2.75, 3.05) is 30.8 Å². The summed E-state index contributed by atoms with van der Waals surface area (Å²) in [6.07, 6.45) is 2.82. The highest BCUT2D eigenvalue weighted by molar-refractivity contribution is 5.95. The van der Waals surface area contributed by atoms with Crippen LogP contribution in [0.4, 0.5) is 22.1 Å². The van der Waals surface area contributed by atoms with E-state index < -0.39 is 6.09 Å². The number of anilines is 3.